The lowest BCUT2D eigenvalue weighted by Gasteiger charge is -2.25. The fraction of sp³-hybridized carbons (Fsp3) is 0.423. The van der Waals surface area contributed by atoms with E-state index in [4.69, 9.17) is 0 Å². The minimum Gasteiger partial charge on any atom is -0.389 e. The van der Waals surface area contributed by atoms with Crippen molar-refractivity contribution >= 4 is 28.5 Å². The van der Waals surface area contributed by atoms with Gasteiger partial charge in [0.1, 0.15) is 17.2 Å². The highest BCUT2D eigenvalue weighted by atomic mass is 19.1. The summed E-state index contributed by atoms with van der Waals surface area (Å²) in [6.07, 6.45) is 3.35. The summed E-state index contributed by atoms with van der Waals surface area (Å²) in [4.78, 5) is 32.0. The van der Waals surface area contributed by atoms with E-state index in [1.165, 1.54) is 17.1 Å². The summed E-state index contributed by atoms with van der Waals surface area (Å²) >= 11 is 0. The van der Waals surface area contributed by atoms with Crippen LogP contribution in [0.3, 0.4) is 0 Å². The average molecular weight is 519 g/mol. The van der Waals surface area contributed by atoms with Crippen molar-refractivity contribution in [2.24, 2.45) is 0 Å². The Morgan fingerprint density at radius 3 is 2.46 bits per heavy atom. The zero-order valence-corrected chi connectivity index (χ0v) is 20.8. The van der Waals surface area contributed by atoms with E-state index in [2.05, 4.69) is 10.3 Å². The maximum Gasteiger partial charge on any atom is 0.257 e. The van der Waals surface area contributed by atoms with Gasteiger partial charge in [0.25, 0.3) is 5.91 Å². The Bertz CT molecular complexity index is 1390. The van der Waals surface area contributed by atoms with Gasteiger partial charge in [-0.2, -0.15) is 0 Å². The summed E-state index contributed by atoms with van der Waals surface area (Å²) < 4.78 is 45.6. The van der Waals surface area contributed by atoms with Crippen LogP contribution in [0, 0.1) is 5.82 Å². The normalized spacial score (nSPS) is 20.8. The Morgan fingerprint density at radius 1 is 1.16 bits per heavy atom. The van der Waals surface area contributed by atoms with Crippen LogP contribution >= 0.6 is 0 Å². The Hall–Kier alpha value is -3.44. The third-order valence-corrected chi connectivity index (χ3v) is 6.66. The molecule has 1 aliphatic heterocycles. The second kappa shape index (κ2) is 10.1. The maximum atomic E-state index is 15.2. The van der Waals surface area contributed by atoms with Crippen LogP contribution in [0.2, 0.25) is 0 Å². The first-order valence-electron chi connectivity index (χ1n) is 12.0. The van der Waals surface area contributed by atoms with Crippen molar-refractivity contribution in [2.75, 3.05) is 18.0 Å². The van der Waals surface area contributed by atoms with E-state index in [1.54, 1.807) is 13.8 Å². The van der Waals surface area contributed by atoms with E-state index < -0.39 is 46.6 Å². The van der Waals surface area contributed by atoms with Gasteiger partial charge < -0.3 is 20.4 Å². The van der Waals surface area contributed by atoms with Crippen LogP contribution in [-0.4, -0.2) is 56.5 Å². The molecule has 1 amide bonds. The zero-order valence-electron chi connectivity index (χ0n) is 20.8. The summed E-state index contributed by atoms with van der Waals surface area (Å²) in [5, 5.41) is 22.3. The van der Waals surface area contributed by atoms with E-state index in [0.29, 0.717) is 12.5 Å². The summed E-state index contributed by atoms with van der Waals surface area (Å²) in [7, 11) is 0. The number of anilines is 1. The number of carbonyl (C=O) groups excluding carboxylic acids is 1. The molecule has 1 fully saturated rings. The molecule has 198 valence electrons. The minimum atomic E-state index is -1.13. The number of nitrogens with zero attached hydrogens (tertiary/aromatic N) is 3. The first-order chi connectivity index (χ1) is 17.4. The summed E-state index contributed by atoms with van der Waals surface area (Å²) in [6, 6.07) is 0.904. The summed E-state index contributed by atoms with van der Waals surface area (Å²) in [6.45, 7) is 5.17. The van der Waals surface area contributed by atoms with Crippen molar-refractivity contribution in [3.63, 3.8) is 0 Å². The number of halogens is 3. The molecule has 2 aliphatic rings. The topological polar surface area (TPSA) is 108 Å². The van der Waals surface area contributed by atoms with Crippen molar-refractivity contribution in [1.29, 1.82) is 0 Å². The highest BCUT2D eigenvalue weighted by molar-refractivity contribution is 5.98. The molecule has 8 nitrogen and oxygen atoms in total. The monoisotopic (exact) mass is 518 g/mol. The molecular weight excluding hydrogens is 489 g/mol. The molecular formula is C26H29F3N4O4. The number of amides is 1. The molecule has 4 rings (SSSR count). The van der Waals surface area contributed by atoms with Gasteiger partial charge in [-0.05, 0) is 45.3 Å². The van der Waals surface area contributed by atoms with Crippen molar-refractivity contribution in [3.05, 3.63) is 63.7 Å². The second-order valence-electron chi connectivity index (χ2n) is 9.89. The van der Waals surface area contributed by atoms with Gasteiger partial charge in [0.15, 0.2) is 17.3 Å². The van der Waals surface area contributed by atoms with Gasteiger partial charge in [0.2, 0.25) is 5.43 Å². The van der Waals surface area contributed by atoms with Crippen LogP contribution in [0.25, 0.3) is 16.7 Å². The predicted octanol–water partition coefficient (Wildman–Crippen LogP) is 3.34. The van der Waals surface area contributed by atoms with Crippen molar-refractivity contribution in [3.8, 4) is 0 Å². The summed E-state index contributed by atoms with van der Waals surface area (Å²) in [5.41, 5.74) is -2.15. The number of aromatic nitrogens is 2. The Balaban J connectivity index is 1.98. The molecule has 37 heavy (non-hydrogen) atoms. The van der Waals surface area contributed by atoms with Gasteiger partial charge in [-0.3, -0.25) is 14.2 Å². The number of pyridine rings is 2. The number of β-amino-alcohol motifs (C(OH)–C–C–N with tert-alkyl or cyclic N) is 2. The molecule has 2 aromatic rings. The van der Waals surface area contributed by atoms with Gasteiger partial charge in [-0.25, -0.2) is 18.2 Å². The van der Waals surface area contributed by atoms with E-state index in [0.717, 1.165) is 16.8 Å². The largest absolute Gasteiger partial charge is 0.389 e. The first-order valence-corrected chi connectivity index (χ1v) is 12.0. The molecule has 1 aliphatic carbocycles. The second-order valence-corrected chi connectivity index (χ2v) is 9.89. The molecule has 0 radical (unpaired) electrons. The van der Waals surface area contributed by atoms with Crippen molar-refractivity contribution < 1.29 is 28.2 Å². The molecule has 2 atom stereocenters. The number of aliphatic hydroxyl groups is 2. The SMILES string of the molecule is CCC(C)(C)NC(=O)c1cn(C2=CCCC=C(F)C=C2F)c2nc(N3C[C@@H](O)[C@H](O)C3)c(F)cc2c1=O. The number of allylic oxidation sites excluding steroid dienone is 6. The van der Waals surface area contributed by atoms with Crippen LogP contribution in [0.15, 0.2) is 46.9 Å². The van der Waals surface area contributed by atoms with E-state index in [9.17, 15) is 24.2 Å². The van der Waals surface area contributed by atoms with E-state index in [-0.39, 0.29) is 54.0 Å². The minimum absolute atomic E-state index is 0.111. The number of hydrogen-bond acceptors (Lipinski definition) is 6. The molecule has 3 N–H and O–H groups in total. The van der Waals surface area contributed by atoms with Gasteiger partial charge in [0.05, 0.1) is 23.3 Å². The number of aliphatic hydroxyl groups excluding tert-OH is 2. The number of hydrogen-bond donors (Lipinski definition) is 3. The fourth-order valence-electron chi connectivity index (χ4n) is 4.19. The highest BCUT2D eigenvalue weighted by Crippen LogP contribution is 2.30. The Morgan fingerprint density at radius 2 is 1.81 bits per heavy atom. The van der Waals surface area contributed by atoms with Crippen LogP contribution in [0.5, 0.6) is 0 Å². The van der Waals surface area contributed by atoms with Crippen LogP contribution in [0.4, 0.5) is 19.0 Å². The summed E-state index contributed by atoms with van der Waals surface area (Å²) in [5.74, 6) is -3.66. The zero-order chi connectivity index (χ0) is 27.1. The molecule has 0 aromatic carbocycles. The predicted molar refractivity (Wildman–Crippen MR) is 134 cm³/mol. The molecule has 0 spiro atoms. The molecule has 0 bridgehead atoms. The van der Waals surface area contributed by atoms with Gasteiger partial charge in [-0.15, -0.1) is 0 Å². The molecule has 0 saturated carbocycles. The van der Waals surface area contributed by atoms with Gasteiger partial charge in [0, 0.05) is 30.9 Å². The third kappa shape index (κ3) is 5.33. The molecule has 1 saturated heterocycles. The third-order valence-electron chi connectivity index (χ3n) is 6.66. The van der Waals surface area contributed by atoms with Crippen molar-refractivity contribution in [2.45, 2.75) is 57.8 Å². The van der Waals surface area contributed by atoms with E-state index in [1.807, 2.05) is 6.92 Å². The van der Waals surface area contributed by atoms with E-state index >= 15 is 8.78 Å². The first kappa shape index (κ1) is 26.6. The molecule has 11 heteroatoms. The molecule has 0 unspecified atom stereocenters. The number of carbonyl (C=O) groups is 1. The quantitative estimate of drug-likeness (QED) is 0.561. The maximum absolute atomic E-state index is 15.2. The van der Waals surface area contributed by atoms with Crippen LogP contribution in [-0.2, 0) is 0 Å². The highest BCUT2D eigenvalue weighted by Gasteiger charge is 2.33. The van der Waals surface area contributed by atoms with Gasteiger partial charge in [-0.1, -0.05) is 13.0 Å². The Labute approximate surface area is 211 Å². The Kier molecular flexibility index (Phi) is 7.29. The van der Waals surface area contributed by atoms with Crippen molar-refractivity contribution in [1.82, 2.24) is 14.9 Å². The molecule has 2 aromatic heterocycles. The van der Waals surface area contributed by atoms with Gasteiger partial charge >= 0.3 is 0 Å². The standard InChI is InChI=1S/C26H29F3N4O4/c1-4-26(2,3)31-25(37)16-11-33(19-8-6-5-7-14(27)9-17(19)28)23-15(22(16)36)10-18(29)24(30-23)32-12-20(34)21(35)13-32/h7-11,20-21,34-35H,4-6,12-13H2,1-3H3,(H,31,37)/t20-,21-/m1/s1. The number of rotatable bonds is 5. The lowest BCUT2D eigenvalue weighted by Crippen LogP contribution is -2.44. The van der Waals surface area contributed by atoms with Crippen LogP contribution < -0.4 is 15.6 Å². The lowest BCUT2D eigenvalue weighted by molar-refractivity contribution is 0.0572. The number of fused-ring (bicyclic) bond motifs is 1. The fourth-order valence-corrected chi connectivity index (χ4v) is 4.19. The van der Waals surface area contributed by atoms with Crippen LogP contribution in [0.1, 0.15) is 50.4 Å². The average Bonchev–Trinajstić information content (AvgIpc) is 3.16. The molecule has 3 heterocycles. The lowest BCUT2D eigenvalue weighted by atomic mass is 10.0. The number of nitrogens with one attached hydrogen (secondary N) is 1. The smallest absolute Gasteiger partial charge is 0.257 e.